The average molecular weight is 419 g/mol. The van der Waals surface area contributed by atoms with E-state index in [0.29, 0.717) is 23.5 Å². The average Bonchev–Trinajstić information content (AvgIpc) is 3.30. The summed E-state index contributed by atoms with van der Waals surface area (Å²) in [5, 5.41) is 3.98. The predicted molar refractivity (Wildman–Crippen MR) is 119 cm³/mol. The van der Waals surface area contributed by atoms with Crippen molar-refractivity contribution in [3.63, 3.8) is 0 Å². The number of aryl methyl sites for hydroxylation is 2. The number of nitrogens with one attached hydrogen (secondary N) is 1. The molecule has 2 heterocycles. The molecule has 5 nitrogen and oxygen atoms in total. The van der Waals surface area contributed by atoms with E-state index in [0.717, 1.165) is 28.2 Å². The number of carbonyl (C=O) groups excluding carboxylic acids is 2. The van der Waals surface area contributed by atoms with Gasteiger partial charge in [-0.2, -0.15) is 0 Å². The Morgan fingerprint density at radius 2 is 1.87 bits per heavy atom. The second kappa shape index (κ2) is 8.63. The van der Waals surface area contributed by atoms with Gasteiger partial charge in [-0.15, -0.1) is 11.3 Å². The molecule has 0 saturated carbocycles. The number of rotatable bonds is 7. The van der Waals surface area contributed by atoms with Gasteiger partial charge in [-0.05, 0) is 49.7 Å². The van der Waals surface area contributed by atoms with Gasteiger partial charge in [-0.3, -0.25) is 9.59 Å². The van der Waals surface area contributed by atoms with Crippen molar-refractivity contribution in [1.29, 1.82) is 0 Å². The monoisotopic (exact) mass is 418 g/mol. The van der Waals surface area contributed by atoms with Gasteiger partial charge >= 0.3 is 0 Å². The van der Waals surface area contributed by atoms with E-state index in [4.69, 9.17) is 4.42 Å². The molecule has 152 valence electrons. The van der Waals surface area contributed by atoms with Crippen LogP contribution in [0.1, 0.15) is 45.8 Å². The smallest absolute Gasteiger partial charge is 0.224 e. The van der Waals surface area contributed by atoms with Gasteiger partial charge in [0, 0.05) is 24.9 Å². The lowest BCUT2D eigenvalue weighted by Crippen LogP contribution is -2.12. The van der Waals surface area contributed by atoms with E-state index in [2.05, 4.69) is 16.4 Å². The number of fused-ring (bicyclic) bond motifs is 1. The second-order valence-electron chi connectivity index (χ2n) is 7.24. The number of anilines is 1. The molecule has 0 aliphatic carbocycles. The number of para-hydroxylation sites is 1. The molecular formula is C24H22N2O3S. The first-order chi connectivity index (χ1) is 14.5. The number of carbonyl (C=O) groups is 2. The molecule has 0 radical (unpaired) electrons. The van der Waals surface area contributed by atoms with Gasteiger partial charge in [0.05, 0.1) is 20.8 Å². The van der Waals surface area contributed by atoms with Crippen LogP contribution in [0.3, 0.4) is 0 Å². The molecule has 1 amide bonds. The van der Waals surface area contributed by atoms with Gasteiger partial charge in [0.25, 0.3) is 0 Å². The summed E-state index contributed by atoms with van der Waals surface area (Å²) < 4.78 is 6.76. The SMILES string of the molecule is CC(=O)c1cc(CCC(=O)Nc2ccc(Cc3nc4ccccc4s3)cc2)oc1C. The lowest BCUT2D eigenvalue weighted by molar-refractivity contribution is -0.116. The lowest BCUT2D eigenvalue weighted by atomic mass is 10.1. The van der Waals surface area contributed by atoms with Gasteiger partial charge in [-0.25, -0.2) is 4.98 Å². The summed E-state index contributed by atoms with van der Waals surface area (Å²) in [6.45, 7) is 3.27. The van der Waals surface area contributed by atoms with Crippen molar-refractivity contribution >= 4 is 38.9 Å². The molecule has 0 aliphatic heterocycles. The van der Waals surface area contributed by atoms with E-state index in [1.54, 1.807) is 24.3 Å². The van der Waals surface area contributed by atoms with Crippen molar-refractivity contribution in [2.75, 3.05) is 5.32 Å². The van der Waals surface area contributed by atoms with Gasteiger partial charge in [-0.1, -0.05) is 24.3 Å². The molecule has 2 aromatic carbocycles. The van der Waals surface area contributed by atoms with E-state index in [1.807, 2.05) is 42.5 Å². The molecule has 4 aromatic rings. The molecule has 0 aliphatic rings. The predicted octanol–water partition coefficient (Wildman–Crippen LogP) is 5.56. The largest absolute Gasteiger partial charge is 0.466 e. The van der Waals surface area contributed by atoms with Gasteiger partial charge in [0.15, 0.2) is 5.78 Å². The fourth-order valence-corrected chi connectivity index (χ4v) is 4.35. The zero-order valence-corrected chi connectivity index (χ0v) is 17.7. The lowest BCUT2D eigenvalue weighted by Gasteiger charge is -2.06. The Kier molecular flexibility index (Phi) is 5.77. The number of furan rings is 1. The van der Waals surface area contributed by atoms with Crippen LogP contribution in [0.4, 0.5) is 5.69 Å². The number of Topliss-reactive ketones (excluding diaryl/α,β-unsaturated/α-hetero) is 1. The summed E-state index contributed by atoms with van der Waals surface area (Å²) in [7, 11) is 0. The van der Waals surface area contributed by atoms with E-state index in [1.165, 1.54) is 11.6 Å². The summed E-state index contributed by atoms with van der Waals surface area (Å²) in [5.74, 6) is 1.13. The van der Waals surface area contributed by atoms with E-state index in [9.17, 15) is 9.59 Å². The van der Waals surface area contributed by atoms with Gasteiger partial charge < -0.3 is 9.73 Å². The van der Waals surface area contributed by atoms with Crippen LogP contribution < -0.4 is 5.32 Å². The molecular weight excluding hydrogens is 396 g/mol. The fourth-order valence-electron chi connectivity index (χ4n) is 3.35. The number of hydrogen-bond donors (Lipinski definition) is 1. The second-order valence-corrected chi connectivity index (χ2v) is 8.35. The minimum atomic E-state index is -0.0904. The highest BCUT2D eigenvalue weighted by Crippen LogP contribution is 2.24. The van der Waals surface area contributed by atoms with Gasteiger partial charge in [0.1, 0.15) is 11.5 Å². The zero-order valence-electron chi connectivity index (χ0n) is 16.9. The minimum absolute atomic E-state index is 0.0297. The van der Waals surface area contributed by atoms with Crippen LogP contribution in [-0.4, -0.2) is 16.7 Å². The van der Waals surface area contributed by atoms with Crippen molar-refractivity contribution in [1.82, 2.24) is 4.98 Å². The highest BCUT2D eigenvalue weighted by atomic mass is 32.1. The Hall–Kier alpha value is -3.25. The molecule has 0 bridgehead atoms. The molecule has 6 heteroatoms. The normalized spacial score (nSPS) is 11.0. The summed E-state index contributed by atoms with van der Waals surface area (Å²) in [4.78, 5) is 28.4. The Morgan fingerprint density at radius 3 is 2.57 bits per heavy atom. The number of hydrogen-bond acceptors (Lipinski definition) is 5. The summed E-state index contributed by atoms with van der Waals surface area (Å²) in [6.07, 6.45) is 1.51. The molecule has 0 fully saturated rings. The highest BCUT2D eigenvalue weighted by molar-refractivity contribution is 7.18. The minimum Gasteiger partial charge on any atom is -0.466 e. The number of nitrogens with zero attached hydrogens (tertiary/aromatic N) is 1. The van der Waals surface area contributed by atoms with Crippen LogP contribution >= 0.6 is 11.3 Å². The Balaban J connectivity index is 1.32. The molecule has 2 aromatic heterocycles. The van der Waals surface area contributed by atoms with Crippen LogP contribution in [0.5, 0.6) is 0 Å². The third-order valence-electron chi connectivity index (χ3n) is 4.88. The quantitative estimate of drug-likeness (QED) is 0.399. The molecule has 0 spiro atoms. The van der Waals surface area contributed by atoms with Crippen LogP contribution in [0, 0.1) is 6.92 Å². The number of ketones is 1. The number of benzene rings is 2. The number of amides is 1. The standard InChI is InChI=1S/C24H22N2O3S/c1-15(27)20-14-19(29-16(20)2)11-12-23(28)25-18-9-7-17(8-10-18)13-24-26-21-5-3-4-6-22(21)30-24/h3-10,14H,11-13H2,1-2H3,(H,25,28). The molecule has 30 heavy (non-hydrogen) atoms. The van der Waals surface area contributed by atoms with Crippen LogP contribution in [0.25, 0.3) is 10.2 Å². The first kappa shape index (κ1) is 20.0. The molecule has 0 unspecified atom stereocenters. The van der Waals surface area contributed by atoms with E-state index in [-0.39, 0.29) is 18.1 Å². The van der Waals surface area contributed by atoms with Crippen molar-refractivity contribution in [2.24, 2.45) is 0 Å². The molecule has 0 atom stereocenters. The number of thiazole rings is 1. The maximum Gasteiger partial charge on any atom is 0.224 e. The van der Waals surface area contributed by atoms with Crippen molar-refractivity contribution < 1.29 is 14.0 Å². The summed E-state index contributed by atoms with van der Waals surface area (Å²) in [6, 6.07) is 17.7. The van der Waals surface area contributed by atoms with E-state index >= 15 is 0 Å². The Morgan fingerprint density at radius 1 is 1.10 bits per heavy atom. The first-order valence-electron chi connectivity index (χ1n) is 9.81. The highest BCUT2D eigenvalue weighted by Gasteiger charge is 2.12. The summed E-state index contributed by atoms with van der Waals surface area (Å²) in [5.41, 5.74) is 3.51. The Labute approximate surface area is 178 Å². The van der Waals surface area contributed by atoms with E-state index < -0.39 is 0 Å². The van der Waals surface area contributed by atoms with Crippen molar-refractivity contribution in [2.45, 2.75) is 33.1 Å². The maximum absolute atomic E-state index is 12.3. The number of aromatic nitrogens is 1. The Bertz CT molecular complexity index is 1170. The summed E-state index contributed by atoms with van der Waals surface area (Å²) >= 11 is 1.71. The molecule has 1 N–H and O–H groups in total. The third-order valence-corrected chi connectivity index (χ3v) is 5.91. The maximum atomic E-state index is 12.3. The van der Waals surface area contributed by atoms with Crippen molar-refractivity contribution in [3.8, 4) is 0 Å². The van der Waals surface area contributed by atoms with Crippen LogP contribution in [0.2, 0.25) is 0 Å². The third kappa shape index (κ3) is 4.66. The van der Waals surface area contributed by atoms with Crippen molar-refractivity contribution in [3.05, 3.63) is 82.3 Å². The van der Waals surface area contributed by atoms with Crippen LogP contribution in [0.15, 0.2) is 59.0 Å². The first-order valence-corrected chi connectivity index (χ1v) is 10.6. The fraction of sp³-hybridized carbons (Fsp3) is 0.208. The van der Waals surface area contributed by atoms with Gasteiger partial charge in [0.2, 0.25) is 5.91 Å². The molecule has 4 rings (SSSR count). The molecule has 0 saturated heterocycles. The zero-order chi connectivity index (χ0) is 21.1. The topological polar surface area (TPSA) is 72.2 Å². The van der Waals surface area contributed by atoms with Crippen LogP contribution in [-0.2, 0) is 17.6 Å².